The van der Waals surface area contributed by atoms with Crippen molar-refractivity contribution >= 4 is 5.95 Å². The lowest BCUT2D eigenvalue weighted by atomic mass is 10.3. The zero-order chi connectivity index (χ0) is 10.5. The molecule has 2 rings (SSSR count). The van der Waals surface area contributed by atoms with Crippen LogP contribution in [0.15, 0.2) is 35.5 Å². The summed E-state index contributed by atoms with van der Waals surface area (Å²) in [5.41, 5.74) is 0.450. The van der Waals surface area contributed by atoms with Crippen LogP contribution >= 0.6 is 0 Å². The monoisotopic (exact) mass is 203 g/mol. The third kappa shape index (κ3) is 2.60. The van der Waals surface area contributed by atoms with Gasteiger partial charge in [-0.15, -0.1) is 0 Å². The minimum Gasteiger partial charge on any atom is -0.350 e. The number of hydrogen-bond donors (Lipinski definition) is 2. The first kappa shape index (κ1) is 9.32. The number of aromatic nitrogens is 4. The molecule has 15 heavy (non-hydrogen) atoms. The Hall–Kier alpha value is -2.24. The van der Waals surface area contributed by atoms with Crippen LogP contribution in [0.25, 0.3) is 0 Å². The maximum Gasteiger partial charge on any atom is 0.349 e. The Kier molecular flexibility index (Phi) is 2.68. The van der Waals surface area contributed by atoms with E-state index in [2.05, 4.69) is 25.3 Å². The van der Waals surface area contributed by atoms with Gasteiger partial charge in [0.05, 0.1) is 12.2 Å². The van der Waals surface area contributed by atoms with Crippen LogP contribution in [0.4, 0.5) is 5.95 Å². The first-order chi connectivity index (χ1) is 7.34. The highest BCUT2D eigenvalue weighted by atomic mass is 16.1. The molecule has 2 N–H and O–H groups in total. The SMILES string of the molecule is O=c1ncnc(NCc2ccccn2)[nH]1. The topological polar surface area (TPSA) is 83.6 Å². The van der Waals surface area contributed by atoms with Crippen molar-refractivity contribution in [3.05, 3.63) is 46.9 Å². The molecule has 0 unspecified atom stereocenters. The molecule has 0 saturated heterocycles. The Morgan fingerprint density at radius 2 is 2.20 bits per heavy atom. The zero-order valence-electron chi connectivity index (χ0n) is 7.84. The second-order valence-electron chi connectivity index (χ2n) is 2.83. The number of aromatic amines is 1. The Morgan fingerprint density at radius 3 is 2.93 bits per heavy atom. The van der Waals surface area contributed by atoms with E-state index >= 15 is 0 Å². The molecule has 76 valence electrons. The smallest absolute Gasteiger partial charge is 0.349 e. The third-order valence-electron chi connectivity index (χ3n) is 1.75. The Balaban J connectivity index is 2.02. The number of H-pyrrole nitrogens is 1. The fraction of sp³-hybridized carbons (Fsp3) is 0.111. The maximum atomic E-state index is 10.8. The minimum atomic E-state index is -0.423. The molecule has 0 atom stereocenters. The second kappa shape index (κ2) is 4.32. The number of pyridine rings is 1. The van der Waals surface area contributed by atoms with E-state index in [0.717, 1.165) is 5.69 Å². The normalized spacial score (nSPS) is 9.87. The molecule has 0 amide bonds. The van der Waals surface area contributed by atoms with Gasteiger partial charge in [-0.2, -0.15) is 4.98 Å². The van der Waals surface area contributed by atoms with Crippen LogP contribution in [-0.2, 0) is 6.54 Å². The lowest BCUT2D eigenvalue weighted by Crippen LogP contribution is -2.14. The Bertz CT molecular complexity index is 481. The van der Waals surface area contributed by atoms with E-state index in [-0.39, 0.29) is 0 Å². The van der Waals surface area contributed by atoms with E-state index in [1.807, 2.05) is 18.2 Å². The number of nitrogens with one attached hydrogen (secondary N) is 2. The molecule has 0 saturated carbocycles. The lowest BCUT2D eigenvalue weighted by Gasteiger charge is -2.02. The van der Waals surface area contributed by atoms with E-state index in [1.165, 1.54) is 6.33 Å². The van der Waals surface area contributed by atoms with Crippen molar-refractivity contribution in [2.75, 3.05) is 5.32 Å². The van der Waals surface area contributed by atoms with Crippen molar-refractivity contribution in [1.82, 2.24) is 19.9 Å². The summed E-state index contributed by atoms with van der Waals surface area (Å²) in [4.78, 5) is 24.7. The van der Waals surface area contributed by atoms with Crippen molar-refractivity contribution in [3.63, 3.8) is 0 Å². The first-order valence-corrected chi connectivity index (χ1v) is 4.40. The van der Waals surface area contributed by atoms with Gasteiger partial charge in [0.2, 0.25) is 5.95 Å². The van der Waals surface area contributed by atoms with Crippen molar-refractivity contribution < 1.29 is 0 Å². The van der Waals surface area contributed by atoms with E-state index in [1.54, 1.807) is 6.20 Å². The predicted octanol–water partition coefficient (Wildman–Crippen LogP) is 0.172. The van der Waals surface area contributed by atoms with Gasteiger partial charge in [0.1, 0.15) is 6.33 Å². The minimum absolute atomic E-state index is 0.389. The quantitative estimate of drug-likeness (QED) is 0.743. The van der Waals surface area contributed by atoms with E-state index in [9.17, 15) is 4.79 Å². The van der Waals surface area contributed by atoms with Crippen LogP contribution in [-0.4, -0.2) is 19.9 Å². The highest BCUT2D eigenvalue weighted by molar-refractivity contribution is 5.22. The summed E-state index contributed by atoms with van der Waals surface area (Å²) in [6, 6.07) is 5.62. The van der Waals surface area contributed by atoms with Gasteiger partial charge in [-0.1, -0.05) is 6.07 Å². The largest absolute Gasteiger partial charge is 0.350 e. The molecule has 6 heteroatoms. The lowest BCUT2D eigenvalue weighted by molar-refractivity contribution is 0.944. The summed E-state index contributed by atoms with van der Waals surface area (Å²) in [7, 11) is 0. The molecular weight excluding hydrogens is 194 g/mol. The van der Waals surface area contributed by atoms with E-state index in [0.29, 0.717) is 12.5 Å². The van der Waals surface area contributed by atoms with Crippen molar-refractivity contribution in [1.29, 1.82) is 0 Å². The van der Waals surface area contributed by atoms with Crippen LogP contribution in [0.1, 0.15) is 5.69 Å². The fourth-order valence-electron chi connectivity index (χ4n) is 1.07. The van der Waals surface area contributed by atoms with Gasteiger partial charge in [0.25, 0.3) is 0 Å². The van der Waals surface area contributed by atoms with Gasteiger partial charge in [-0.25, -0.2) is 9.78 Å². The van der Waals surface area contributed by atoms with Crippen molar-refractivity contribution in [3.8, 4) is 0 Å². The molecule has 0 spiro atoms. The summed E-state index contributed by atoms with van der Waals surface area (Å²) in [6.07, 6.45) is 2.92. The number of nitrogens with zero attached hydrogens (tertiary/aromatic N) is 3. The number of anilines is 1. The average Bonchev–Trinajstić information content (AvgIpc) is 2.28. The third-order valence-corrected chi connectivity index (χ3v) is 1.75. The van der Waals surface area contributed by atoms with Crippen LogP contribution in [0.3, 0.4) is 0 Å². The Labute approximate surface area is 85.4 Å². The number of rotatable bonds is 3. The maximum absolute atomic E-state index is 10.8. The molecule has 0 aliphatic heterocycles. The average molecular weight is 203 g/mol. The summed E-state index contributed by atoms with van der Waals surface area (Å²) in [6.45, 7) is 0.508. The zero-order valence-corrected chi connectivity index (χ0v) is 7.84. The molecule has 2 heterocycles. The fourth-order valence-corrected chi connectivity index (χ4v) is 1.07. The van der Waals surface area contributed by atoms with Gasteiger partial charge >= 0.3 is 5.69 Å². The van der Waals surface area contributed by atoms with Crippen LogP contribution < -0.4 is 11.0 Å². The highest BCUT2D eigenvalue weighted by Crippen LogP contribution is 1.97. The standard InChI is InChI=1S/C9H9N5O/c15-9-13-6-12-8(14-9)11-5-7-3-1-2-4-10-7/h1-4,6H,5H2,(H2,11,12,13,14,15). The van der Waals surface area contributed by atoms with Gasteiger partial charge in [0, 0.05) is 6.20 Å². The van der Waals surface area contributed by atoms with Crippen LogP contribution in [0, 0.1) is 0 Å². The number of hydrogen-bond acceptors (Lipinski definition) is 5. The molecule has 2 aromatic rings. The molecule has 0 radical (unpaired) electrons. The molecule has 0 bridgehead atoms. The van der Waals surface area contributed by atoms with Gasteiger partial charge in [0.15, 0.2) is 0 Å². The van der Waals surface area contributed by atoms with Gasteiger partial charge < -0.3 is 5.32 Å². The van der Waals surface area contributed by atoms with Gasteiger partial charge in [-0.3, -0.25) is 9.97 Å². The Morgan fingerprint density at radius 1 is 1.27 bits per heavy atom. The molecule has 0 aromatic carbocycles. The summed E-state index contributed by atoms with van der Waals surface area (Å²) in [5, 5.41) is 2.93. The summed E-state index contributed by atoms with van der Waals surface area (Å²) in [5.74, 6) is 0.389. The first-order valence-electron chi connectivity index (χ1n) is 4.40. The molecule has 0 aliphatic carbocycles. The molecular formula is C9H9N5O. The van der Waals surface area contributed by atoms with Crippen LogP contribution in [0.2, 0.25) is 0 Å². The summed E-state index contributed by atoms with van der Waals surface area (Å²) < 4.78 is 0. The van der Waals surface area contributed by atoms with Crippen LogP contribution in [0.5, 0.6) is 0 Å². The molecule has 0 fully saturated rings. The van der Waals surface area contributed by atoms with Gasteiger partial charge in [-0.05, 0) is 12.1 Å². The summed E-state index contributed by atoms with van der Waals surface area (Å²) >= 11 is 0. The highest BCUT2D eigenvalue weighted by Gasteiger charge is 1.95. The molecule has 2 aromatic heterocycles. The van der Waals surface area contributed by atoms with Crippen molar-refractivity contribution in [2.24, 2.45) is 0 Å². The van der Waals surface area contributed by atoms with Crippen molar-refractivity contribution in [2.45, 2.75) is 6.54 Å². The molecule has 6 nitrogen and oxygen atoms in total. The predicted molar refractivity (Wildman–Crippen MR) is 54.2 cm³/mol. The van der Waals surface area contributed by atoms with E-state index < -0.39 is 5.69 Å². The van der Waals surface area contributed by atoms with E-state index in [4.69, 9.17) is 0 Å². The molecule has 0 aliphatic rings. The second-order valence-corrected chi connectivity index (χ2v) is 2.83.